The van der Waals surface area contributed by atoms with Crippen molar-refractivity contribution in [2.75, 3.05) is 12.3 Å². The first kappa shape index (κ1) is 13.2. The molecular formula is C13H17ClN2O2. The Morgan fingerprint density at radius 2 is 2.11 bits per heavy atom. The third kappa shape index (κ3) is 2.94. The quantitative estimate of drug-likeness (QED) is 0.734. The van der Waals surface area contributed by atoms with E-state index in [-0.39, 0.29) is 12.5 Å². The molecular weight excluding hydrogens is 252 g/mol. The van der Waals surface area contributed by atoms with Crippen LogP contribution in [0.5, 0.6) is 0 Å². The lowest BCUT2D eigenvalue weighted by atomic mass is 10.0. The van der Waals surface area contributed by atoms with Gasteiger partial charge in [0.1, 0.15) is 0 Å². The summed E-state index contributed by atoms with van der Waals surface area (Å²) in [7, 11) is 0. The summed E-state index contributed by atoms with van der Waals surface area (Å²) < 4.78 is 0. The molecule has 0 unspecified atom stereocenters. The Bertz CT molecular complexity index is 456. The van der Waals surface area contributed by atoms with Crippen LogP contribution in [0.4, 0.5) is 5.69 Å². The lowest BCUT2D eigenvalue weighted by Gasteiger charge is -2.22. The Balaban J connectivity index is 1.97. The zero-order valence-electron chi connectivity index (χ0n) is 10.1. The molecule has 4 nitrogen and oxygen atoms in total. The summed E-state index contributed by atoms with van der Waals surface area (Å²) in [5, 5.41) is 13.3. The number of amides is 1. The maximum Gasteiger partial charge on any atom is 0.251 e. The van der Waals surface area contributed by atoms with Crippen molar-refractivity contribution in [1.29, 1.82) is 0 Å². The predicted octanol–water partition coefficient (Wildman–Crippen LogP) is 1.96. The van der Waals surface area contributed by atoms with Crippen LogP contribution in [-0.2, 0) is 0 Å². The van der Waals surface area contributed by atoms with E-state index >= 15 is 0 Å². The molecule has 18 heavy (non-hydrogen) atoms. The highest BCUT2D eigenvalue weighted by Crippen LogP contribution is 2.28. The van der Waals surface area contributed by atoms with Crippen molar-refractivity contribution < 1.29 is 9.90 Å². The van der Waals surface area contributed by atoms with Gasteiger partial charge in [-0.05, 0) is 31.0 Å². The van der Waals surface area contributed by atoms with E-state index in [1.165, 1.54) is 6.07 Å². The molecule has 0 radical (unpaired) electrons. The van der Waals surface area contributed by atoms with Gasteiger partial charge in [0.2, 0.25) is 0 Å². The molecule has 0 spiro atoms. The normalized spacial score (nSPS) is 17.7. The average molecular weight is 269 g/mol. The second-order valence-electron chi connectivity index (χ2n) is 4.85. The van der Waals surface area contributed by atoms with Gasteiger partial charge in [-0.3, -0.25) is 4.79 Å². The fraction of sp³-hybridized carbons (Fsp3) is 0.462. The van der Waals surface area contributed by atoms with Gasteiger partial charge in [-0.2, -0.15) is 0 Å². The number of nitrogen functional groups attached to an aromatic ring is 1. The highest BCUT2D eigenvalue weighted by Gasteiger charge is 2.31. The molecule has 1 aliphatic carbocycles. The number of hydrogen-bond donors (Lipinski definition) is 3. The van der Waals surface area contributed by atoms with Gasteiger partial charge in [-0.25, -0.2) is 0 Å². The molecule has 0 atom stereocenters. The smallest absolute Gasteiger partial charge is 0.251 e. The largest absolute Gasteiger partial charge is 0.398 e. The number of carbonyl (C=O) groups excluding carboxylic acids is 1. The van der Waals surface area contributed by atoms with Gasteiger partial charge >= 0.3 is 0 Å². The molecule has 5 heteroatoms. The van der Waals surface area contributed by atoms with E-state index in [4.69, 9.17) is 17.3 Å². The fourth-order valence-electron chi connectivity index (χ4n) is 2.24. The molecule has 1 fully saturated rings. The van der Waals surface area contributed by atoms with Crippen molar-refractivity contribution in [3.63, 3.8) is 0 Å². The number of nitrogens with one attached hydrogen (secondary N) is 1. The van der Waals surface area contributed by atoms with E-state index in [0.29, 0.717) is 16.3 Å². The third-order valence-corrected chi connectivity index (χ3v) is 3.71. The van der Waals surface area contributed by atoms with Crippen LogP contribution in [0.2, 0.25) is 5.02 Å². The van der Waals surface area contributed by atoms with Crippen molar-refractivity contribution in [1.82, 2.24) is 5.32 Å². The maximum absolute atomic E-state index is 11.9. The number of benzene rings is 1. The van der Waals surface area contributed by atoms with E-state index in [1.807, 2.05) is 0 Å². The number of halogens is 1. The summed E-state index contributed by atoms with van der Waals surface area (Å²) in [6.45, 7) is 0.286. The van der Waals surface area contributed by atoms with E-state index in [2.05, 4.69) is 5.32 Å². The summed E-state index contributed by atoms with van der Waals surface area (Å²) in [6.07, 6.45) is 3.52. The predicted molar refractivity (Wildman–Crippen MR) is 71.6 cm³/mol. The van der Waals surface area contributed by atoms with Crippen molar-refractivity contribution in [2.45, 2.75) is 31.3 Å². The third-order valence-electron chi connectivity index (χ3n) is 3.37. The molecule has 0 saturated heterocycles. The van der Waals surface area contributed by atoms with E-state index < -0.39 is 5.60 Å². The maximum atomic E-state index is 11.9. The fourth-order valence-corrected chi connectivity index (χ4v) is 2.36. The Morgan fingerprint density at radius 3 is 2.72 bits per heavy atom. The van der Waals surface area contributed by atoms with Crippen LogP contribution in [0, 0.1) is 0 Å². The summed E-state index contributed by atoms with van der Waals surface area (Å²) in [5.74, 6) is -0.237. The number of rotatable bonds is 3. The molecule has 2 rings (SSSR count). The number of carbonyl (C=O) groups is 1. The zero-order chi connectivity index (χ0) is 13.2. The molecule has 0 bridgehead atoms. The molecule has 1 aliphatic rings. The summed E-state index contributed by atoms with van der Waals surface area (Å²) in [5.41, 5.74) is 5.73. The van der Waals surface area contributed by atoms with Crippen LogP contribution in [-0.4, -0.2) is 23.2 Å². The first-order valence-corrected chi connectivity index (χ1v) is 6.44. The highest BCUT2D eigenvalue weighted by atomic mass is 35.5. The van der Waals surface area contributed by atoms with E-state index in [0.717, 1.165) is 25.7 Å². The van der Waals surface area contributed by atoms with Crippen LogP contribution < -0.4 is 11.1 Å². The zero-order valence-corrected chi connectivity index (χ0v) is 10.8. The van der Waals surface area contributed by atoms with Crippen LogP contribution >= 0.6 is 11.6 Å². The lowest BCUT2D eigenvalue weighted by Crippen LogP contribution is -2.40. The standard InChI is InChI=1S/C13H17ClN2O2/c14-10-4-3-9(7-11(10)15)12(17)16-8-13(18)5-1-2-6-13/h3-4,7,18H,1-2,5-6,8,15H2,(H,16,17). The first-order chi connectivity index (χ1) is 8.50. The number of hydrogen-bond acceptors (Lipinski definition) is 3. The average Bonchev–Trinajstić information content (AvgIpc) is 2.77. The van der Waals surface area contributed by atoms with Crippen LogP contribution in [0.1, 0.15) is 36.0 Å². The summed E-state index contributed by atoms with van der Waals surface area (Å²) in [4.78, 5) is 11.9. The summed E-state index contributed by atoms with van der Waals surface area (Å²) >= 11 is 5.79. The van der Waals surface area contributed by atoms with E-state index in [1.54, 1.807) is 12.1 Å². The van der Waals surface area contributed by atoms with Crippen molar-refractivity contribution in [2.24, 2.45) is 0 Å². The molecule has 1 amide bonds. The molecule has 4 N–H and O–H groups in total. The second-order valence-corrected chi connectivity index (χ2v) is 5.26. The van der Waals surface area contributed by atoms with Crippen LogP contribution in [0.25, 0.3) is 0 Å². The molecule has 98 valence electrons. The highest BCUT2D eigenvalue weighted by molar-refractivity contribution is 6.33. The second kappa shape index (κ2) is 5.16. The lowest BCUT2D eigenvalue weighted by molar-refractivity contribution is 0.0449. The van der Waals surface area contributed by atoms with Crippen molar-refractivity contribution >= 4 is 23.2 Å². The van der Waals surface area contributed by atoms with Gasteiger partial charge in [0.25, 0.3) is 5.91 Å². The minimum atomic E-state index is -0.742. The Hall–Kier alpha value is -1.26. The van der Waals surface area contributed by atoms with Gasteiger partial charge in [0.05, 0.1) is 16.3 Å². The topological polar surface area (TPSA) is 75.4 Å². The van der Waals surface area contributed by atoms with Gasteiger partial charge in [0, 0.05) is 12.1 Å². The Morgan fingerprint density at radius 1 is 1.44 bits per heavy atom. The monoisotopic (exact) mass is 268 g/mol. The number of aliphatic hydroxyl groups is 1. The number of nitrogens with two attached hydrogens (primary N) is 1. The minimum absolute atomic E-state index is 0.237. The first-order valence-electron chi connectivity index (χ1n) is 6.06. The van der Waals surface area contributed by atoms with Crippen LogP contribution in [0.3, 0.4) is 0 Å². The van der Waals surface area contributed by atoms with Gasteiger partial charge in [0.15, 0.2) is 0 Å². The van der Waals surface area contributed by atoms with E-state index in [9.17, 15) is 9.90 Å². The van der Waals surface area contributed by atoms with Gasteiger partial charge in [-0.1, -0.05) is 24.4 Å². The van der Waals surface area contributed by atoms with Crippen molar-refractivity contribution in [3.05, 3.63) is 28.8 Å². The van der Waals surface area contributed by atoms with Crippen molar-refractivity contribution in [3.8, 4) is 0 Å². The van der Waals surface area contributed by atoms with Gasteiger partial charge in [-0.15, -0.1) is 0 Å². The molecule has 0 heterocycles. The molecule has 0 aliphatic heterocycles. The Kier molecular flexibility index (Phi) is 3.78. The molecule has 1 aromatic rings. The SMILES string of the molecule is Nc1cc(C(=O)NCC2(O)CCCC2)ccc1Cl. The summed E-state index contributed by atoms with van der Waals surface area (Å²) in [6, 6.07) is 4.75. The number of anilines is 1. The Labute approximate surface area is 111 Å². The molecule has 0 aromatic heterocycles. The minimum Gasteiger partial charge on any atom is -0.398 e. The molecule has 1 aromatic carbocycles. The van der Waals surface area contributed by atoms with Crippen LogP contribution in [0.15, 0.2) is 18.2 Å². The molecule has 1 saturated carbocycles. The van der Waals surface area contributed by atoms with Gasteiger partial charge < -0.3 is 16.2 Å².